The van der Waals surface area contributed by atoms with Crippen LogP contribution in [0.4, 0.5) is 10.1 Å². The van der Waals surface area contributed by atoms with E-state index in [1.807, 2.05) is 34.9 Å². The van der Waals surface area contributed by atoms with Crippen LogP contribution in [0.1, 0.15) is 22.8 Å². The summed E-state index contributed by atoms with van der Waals surface area (Å²) in [5.41, 5.74) is 9.06. The van der Waals surface area contributed by atoms with Gasteiger partial charge >= 0.3 is 0 Å². The minimum atomic E-state index is -0.562. The van der Waals surface area contributed by atoms with Gasteiger partial charge in [-0.3, -0.25) is 9.59 Å². The fraction of sp³-hybridized carbons (Fsp3) is 0.0909. The lowest BCUT2D eigenvalue weighted by molar-refractivity contribution is -0.114. The molecule has 5 nitrogen and oxygen atoms in total. The number of carbonyl (C=O) groups excluding carboxylic acids is 2. The first kappa shape index (κ1) is 17.7. The van der Waals surface area contributed by atoms with E-state index in [-0.39, 0.29) is 11.7 Å². The number of hydrogen-bond donors (Lipinski definition) is 2. The van der Waals surface area contributed by atoms with E-state index in [1.54, 1.807) is 18.2 Å². The molecule has 0 aliphatic carbocycles. The number of halogens is 1. The van der Waals surface area contributed by atoms with Gasteiger partial charge in [0.25, 0.3) is 0 Å². The van der Waals surface area contributed by atoms with Gasteiger partial charge in [0.15, 0.2) is 0 Å². The molecule has 0 radical (unpaired) electrons. The lowest BCUT2D eigenvalue weighted by atomic mass is 10.1. The second-order valence-corrected chi connectivity index (χ2v) is 6.65. The van der Waals surface area contributed by atoms with Gasteiger partial charge in [0.05, 0.1) is 12.1 Å². The SMILES string of the molecule is CC(=O)Nc1ccccc1Cn1c2ccc(F)cc2c2c(C(N)=O)cccc21. The van der Waals surface area contributed by atoms with Crippen LogP contribution in [0.2, 0.25) is 0 Å². The molecule has 2 amide bonds. The number of aromatic nitrogens is 1. The second kappa shape index (κ2) is 6.81. The highest BCUT2D eigenvalue weighted by Crippen LogP contribution is 2.33. The van der Waals surface area contributed by atoms with Crippen molar-refractivity contribution in [2.24, 2.45) is 5.73 Å². The van der Waals surface area contributed by atoms with Crippen molar-refractivity contribution in [3.05, 3.63) is 77.6 Å². The summed E-state index contributed by atoms with van der Waals surface area (Å²) in [5, 5.41) is 4.09. The number of fused-ring (bicyclic) bond motifs is 3. The van der Waals surface area contributed by atoms with Crippen molar-refractivity contribution < 1.29 is 14.0 Å². The maximum atomic E-state index is 14.0. The molecule has 0 aliphatic rings. The Kier molecular flexibility index (Phi) is 4.31. The standard InChI is InChI=1S/C22H18FN3O2/c1-13(27)25-18-7-3-2-5-14(18)12-26-19-10-9-15(23)11-17(19)21-16(22(24)28)6-4-8-20(21)26/h2-11H,12H2,1H3,(H2,24,28)(H,25,27). The molecular weight excluding hydrogens is 357 g/mol. The number of anilines is 1. The van der Waals surface area contributed by atoms with E-state index in [2.05, 4.69) is 5.32 Å². The van der Waals surface area contributed by atoms with E-state index in [0.717, 1.165) is 16.6 Å². The van der Waals surface area contributed by atoms with Gasteiger partial charge < -0.3 is 15.6 Å². The lowest BCUT2D eigenvalue weighted by Gasteiger charge is -2.13. The highest BCUT2D eigenvalue weighted by atomic mass is 19.1. The maximum absolute atomic E-state index is 14.0. The Labute approximate surface area is 160 Å². The van der Waals surface area contributed by atoms with Crippen LogP contribution < -0.4 is 11.1 Å². The van der Waals surface area contributed by atoms with Crippen molar-refractivity contribution in [3.8, 4) is 0 Å². The number of hydrogen-bond acceptors (Lipinski definition) is 2. The number of nitrogens with zero attached hydrogens (tertiary/aromatic N) is 1. The zero-order chi connectivity index (χ0) is 19.8. The molecule has 0 fully saturated rings. The van der Waals surface area contributed by atoms with E-state index >= 15 is 0 Å². The summed E-state index contributed by atoms with van der Waals surface area (Å²) in [6, 6.07) is 17.3. The molecule has 1 heterocycles. The molecule has 0 saturated heterocycles. The predicted molar refractivity (Wildman–Crippen MR) is 108 cm³/mol. The average molecular weight is 375 g/mol. The van der Waals surface area contributed by atoms with Gasteiger partial charge in [-0.05, 0) is 42.0 Å². The van der Waals surface area contributed by atoms with E-state index in [4.69, 9.17) is 5.73 Å². The normalized spacial score (nSPS) is 11.1. The van der Waals surface area contributed by atoms with E-state index < -0.39 is 5.91 Å². The van der Waals surface area contributed by atoms with Crippen LogP contribution in [0.25, 0.3) is 21.8 Å². The molecule has 4 aromatic rings. The summed E-state index contributed by atoms with van der Waals surface area (Å²) in [6.45, 7) is 1.89. The third kappa shape index (κ3) is 2.99. The Balaban J connectivity index is 1.99. The first-order chi connectivity index (χ1) is 13.5. The molecule has 0 spiro atoms. The number of amides is 2. The highest BCUT2D eigenvalue weighted by Gasteiger charge is 2.17. The van der Waals surface area contributed by atoms with Gasteiger partial charge in [-0.15, -0.1) is 0 Å². The minimum absolute atomic E-state index is 0.159. The smallest absolute Gasteiger partial charge is 0.249 e. The largest absolute Gasteiger partial charge is 0.366 e. The van der Waals surface area contributed by atoms with E-state index in [0.29, 0.717) is 28.6 Å². The predicted octanol–water partition coefficient (Wildman–Crippen LogP) is 4.04. The zero-order valence-electron chi connectivity index (χ0n) is 15.2. The lowest BCUT2D eigenvalue weighted by Crippen LogP contribution is -2.11. The van der Waals surface area contributed by atoms with Crippen LogP contribution >= 0.6 is 0 Å². The van der Waals surface area contributed by atoms with Gasteiger partial charge in [-0.1, -0.05) is 24.3 Å². The van der Waals surface area contributed by atoms with Crippen LogP contribution in [-0.2, 0) is 11.3 Å². The summed E-state index contributed by atoms with van der Waals surface area (Å²) < 4.78 is 16.0. The molecule has 3 aromatic carbocycles. The molecule has 3 N–H and O–H groups in total. The average Bonchev–Trinajstić information content (AvgIpc) is 2.96. The van der Waals surface area contributed by atoms with Crippen LogP contribution in [0.15, 0.2) is 60.7 Å². The maximum Gasteiger partial charge on any atom is 0.249 e. The van der Waals surface area contributed by atoms with Gasteiger partial charge in [0.1, 0.15) is 5.82 Å². The summed E-state index contributed by atoms with van der Waals surface area (Å²) in [4.78, 5) is 23.5. The van der Waals surface area contributed by atoms with Gasteiger partial charge in [-0.2, -0.15) is 0 Å². The van der Waals surface area contributed by atoms with Crippen LogP contribution in [0.3, 0.4) is 0 Å². The molecule has 0 aliphatic heterocycles. The van der Waals surface area contributed by atoms with Crippen LogP contribution in [-0.4, -0.2) is 16.4 Å². The first-order valence-corrected chi connectivity index (χ1v) is 8.81. The Bertz CT molecular complexity index is 1240. The first-order valence-electron chi connectivity index (χ1n) is 8.81. The molecule has 4 rings (SSSR count). The Morgan fingerprint density at radius 2 is 1.82 bits per heavy atom. The Hall–Kier alpha value is -3.67. The summed E-state index contributed by atoms with van der Waals surface area (Å²) >= 11 is 0. The van der Waals surface area contributed by atoms with Crippen molar-refractivity contribution in [1.82, 2.24) is 4.57 Å². The van der Waals surface area contributed by atoms with Crippen molar-refractivity contribution in [1.29, 1.82) is 0 Å². The summed E-state index contributed by atoms with van der Waals surface area (Å²) in [6.07, 6.45) is 0. The quantitative estimate of drug-likeness (QED) is 0.565. The topological polar surface area (TPSA) is 77.1 Å². The van der Waals surface area contributed by atoms with Crippen molar-refractivity contribution >= 4 is 39.3 Å². The second-order valence-electron chi connectivity index (χ2n) is 6.65. The number of benzene rings is 3. The van der Waals surface area contributed by atoms with Crippen molar-refractivity contribution in [3.63, 3.8) is 0 Å². The zero-order valence-corrected chi connectivity index (χ0v) is 15.2. The highest BCUT2D eigenvalue weighted by molar-refractivity contribution is 6.17. The summed E-state index contributed by atoms with van der Waals surface area (Å²) in [7, 11) is 0. The number of para-hydroxylation sites is 1. The molecule has 140 valence electrons. The fourth-order valence-electron chi connectivity index (χ4n) is 3.64. The molecule has 0 bridgehead atoms. The molecular formula is C22H18FN3O2. The molecule has 0 atom stereocenters. The monoisotopic (exact) mass is 375 g/mol. The van der Waals surface area contributed by atoms with Gasteiger partial charge in [0.2, 0.25) is 11.8 Å². The fourth-order valence-corrected chi connectivity index (χ4v) is 3.64. The Morgan fingerprint density at radius 3 is 2.57 bits per heavy atom. The van der Waals surface area contributed by atoms with Crippen LogP contribution in [0, 0.1) is 5.82 Å². The van der Waals surface area contributed by atoms with E-state index in [1.165, 1.54) is 19.1 Å². The molecule has 0 unspecified atom stereocenters. The molecule has 28 heavy (non-hydrogen) atoms. The van der Waals surface area contributed by atoms with Crippen LogP contribution in [0.5, 0.6) is 0 Å². The number of carbonyl (C=O) groups is 2. The van der Waals surface area contributed by atoms with Gasteiger partial charge in [0, 0.05) is 34.5 Å². The Morgan fingerprint density at radius 1 is 1.04 bits per heavy atom. The van der Waals surface area contributed by atoms with Crippen molar-refractivity contribution in [2.45, 2.75) is 13.5 Å². The number of nitrogens with one attached hydrogen (secondary N) is 1. The van der Waals surface area contributed by atoms with Gasteiger partial charge in [-0.25, -0.2) is 4.39 Å². The van der Waals surface area contributed by atoms with Crippen molar-refractivity contribution in [2.75, 3.05) is 5.32 Å². The summed E-state index contributed by atoms with van der Waals surface area (Å²) in [5.74, 6) is -1.11. The third-order valence-electron chi connectivity index (χ3n) is 4.77. The number of rotatable bonds is 4. The number of primary amides is 1. The molecule has 1 aromatic heterocycles. The van der Waals surface area contributed by atoms with E-state index in [9.17, 15) is 14.0 Å². The minimum Gasteiger partial charge on any atom is -0.366 e. The molecule has 0 saturated carbocycles. The number of nitrogens with two attached hydrogens (primary N) is 1. The molecule has 6 heteroatoms. The third-order valence-corrected chi connectivity index (χ3v) is 4.77.